The van der Waals surface area contributed by atoms with Gasteiger partial charge in [0.05, 0.1) is 0 Å². The largest absolute Gasteiger partial charge is 0.316 e. The van der Waals surface area contributed by atoms with Gasteiger partial charge in [-0.25, -0.2) is 0 Å². The van der Waals surface area contributed by atoms with E-state index in [0.717, 1.165) is 18.1 Å². The van der Waals surface area contributed by atoms with E-state index in [-0.39, 0.29) is 0 Å². The molecular weight excluding hydrogens is 252 g/mol. The van der Waals surface area contributed by atoms with Gasteiger partial charge in [0, 0.05) is 35.4 Å². The summed E-state index contributed by atoms with van der Waals surface area (Å²) in [6.07, 6.45) is 9.84. The molecule has 2 nitrogen and oxygen atoms in total. The summed E-state index contributed by atoms with van der Waals surface area (Å²) < 4.78 is 0. The van der Waals surface area contributed by atoms with Crippen LogP contribution in [-0.4, -0.2) is 29.1 Å². The molecule has 0 radical (unpaired) electrons. The lowest BCUT2D eigenvalue weighted by Crippen LogP contribution is -2.31. The van der Waals surface area contributed by atoms with Gasteiger partial charge in [-0.2, -0.15) is 11.8 Å². The second-order valence-corrected chi connectivity index (χ2v) is 6.77. The molecule has 1 fully saturated rings. The molecule has 2 rings (SSSR count). The number of rotatable bonds is 7. The summed E-state index contributed by atoms with van der Waals surface area (Å²) in [7, 11) is 2.07. The van der Waals surface area contributed by atoms with Crippen LogP contribution in [0, 0.1) is 0 Å². The highest BCUT2D eigenvalue weighted by Crippen LogP contribution is 2.29. The average molecular weight is 278 g/mol. The monoisotopic (exact) mass is 278 g/mol. The molecule has 19 heavy (non-hydrogen) atoms. The first-order valence-corrected chi connectivity index (χ1v) is 8.59. The Balaban J connectivity index is 1.79. The molecule has 0 aliphatic heterocycles. The Labute approximate surface area is 121 Å². The summed E-state index contributed by atoms with van der Waals surface area (Å²) in [6.45, 7) is 2.17. The van der Waals surface area contributed by atoms with E-state index in [1.807, 2.05) is 6.20 Å². The quantitative estimate of drug-likeness (QED) is 0.827. The Kier molecular flexibility index (Phi) is 6.18. The van der Waals surface area contributed by atoms with E-state index in [0.29, 0.717) is 6.04 Å². The van der Waals surface area contributed by atoms with E-state index >= 15 is 0 Å². The number of pyridine rings is 1. The van der Waals surface area contributed by atoms with Crippen LogP contribution in [0.4, 0.5) is 0 Å². The second kappa shape index (κ2) is 7.91. The van der Waals surface area contributed by atoms with Crippen LogP contribution in [0.5, 0.6) is 0 Å². The van der Waals surface area contributed by atoms with Crippen LogP contribution in [-0.2, 0) is 12.8 Å². The molecule has 1 N–H and O–H groups in total. The van der Waals surface area contributed by atoms with Crippen molar-refractivity contribution < 1.29 is 0 Å². The van der Waals surface area contributed by atoms with Crippen LogP contribution in [0.15, 0.2) is 18.3 Å². The molecule has 3 heteroatoms. The number of likely N-dealkylation sites (N-methyl/N-ethyl adjacent to an activating group) is 1. The minimum atomic E-state index is 0.547. The molecule has 1 aliphatic rings. The van der Waals surface area contributed by atoms with Crippen LogP contribution < -0.4 is 5.32 Å². The van der Waals surface area contributed by atoms with Gasteiger partial charge in [-0.3, -0.25) is 4.98 Å². The minimum Gasteiger partial charge on any atom is -0.316 e. The fourth-order valence-electron chi connectivity index (χ4n) is 2.59. The highest BCUT2D eigenvalue weighted by Gasteiger charge is 2.17. The topological polar surface area (TPSA) is 24.9 Å². The predicted octanol–water partition coefficient (Wildman–Crippen LogP) is 3.45. The first-order chi connectivity index (χ1) is 9.31. The maximum absolute atomic E-state index is 4.57. The van der Waals surface area contributed by atoms with Crippen molar-refractivity contribution in [2.45, 2.75) is 56.7 Å². The number of hydrogen-bond acceptors (Lipinski definition) is 3. The van der Waals surface area contributed by atoms with Crippen molar-refractivity contribution in [2.75, 3.05) is 12.8 Å². The van der Waals surface area contributed by atoms with Crippen LogP contribution in [0.3, 0.4) is 0 Å². The zero-order chi connectivity index (χ0) is 13.5. The Bertz CT molecular complexity index is 358. The highest BCUT2D eigenvalue weighted by atomic mass is 32.2. The predicted molar refractivity (Wildman–Crippen MR) is 84.9 cm³/mol. The van der Waals surface area contributed by atoms with E-state index in [9.17, 15) is 0 Å². The maximum atomic E-state index is 4.57. The lowest BCUT2D eigenvalue weighted by atomic mass is 10.1. The first-order valence-electron chi connectivity index (χ1n) is 7.54. The maximum Gasteiger partial charge on any atom is 0.0419 e. The molecule has 1 heterocycles. The summed E-state index contributed by atoms with van der Waals surface area (Å²) in [5.41, 5.74) is 2.54. The molecule has 1 aromatic heterocycles. The molecular formula is C16H26N2S. The molecule has 0 bridgehead atoms. The van der Waals surface area contributed by atoms with E-state index < -0.39 is 0 Å². The number of nitrogens with one attached hydrogen (secondary N) is 1. The Morgan fingerprint density at radius 2 is 2.16 bits per heavy atom. The van der Waals surface area contributed by atoms with Crippen LogP contribution in [0.25, 0.3) is 0 Å². The lowest BCUT2D eigenvalue weighted by Gasteiger charge is -2.18. The van der Waals surface area contributed by atoms with Crippen LogP contribution >= 0.6 is 11.8 Å². The van der Waals surface area contributed by atoms with Gasteiger partial charge in [-0.05, 0) is 37.9 Å². The van der Waals surface area contributed by atoms with E-state index in [2.05, 4.69) is 48.2 Å². The Morgan fingerprint density at radius 1 is 1.37 bits per heavy atom. The van der Waals surface area contributed by atoms with Crippen molar-refractivity contribution in [3.05, 3.63) is 29.6 Å². The first kappa shape index (κ1) is 14.9. The number of aromatic nitrogens is 1. The van der Waals surface area contributed by atoms with Gasteiger partial charge in [0.25, 0.3) is 0 Å². The molecule has 106 valence electrons. The summed E-state index contributed by atoms with van der Waals surface area (Å²) in [4.78, 5) is 4.57. The summed E-state index contributed by atoms with van der Waals surface area (Å²) >= 11 is 2.15. The molecule has 1 aliphatic carbocycles. The van der Waals surface area contributed by atoms with Crippen molar-refractivity contribution in [3.8, 4) is 0 Å². The number of nitrogens with zero attached hydrogens (tertiary/aromatic N) is 1. The smallest absolute Gasteiger partial charge is 0.0419 e. The van der Waals surface area contributed by atoms with Gasteiger partial charge in [0.2, 0.25) is 0 Å². The number of hydrogen-bond donors (Lipinski definition) is 1. The lowest BCUT2D eigenvalue weighted by molar-refractivity contribution is 0.607. The van der Waals surface area contributed by atoms with Crippen molar-refractivity contribution >= 4 is 11.8 Å². The molecule has 1 aromatic rings. The minimum absolute atomic E-state index is 0.547. The molecule has 0 amide bonds. The van der Waals surface area contributed by atoms with Crippen molar-refractivity contribution in [3.63, 3.8) is 0 Å². The standard InChI is InChI=1S/C16H26N2S/c1-3-13-8-9-14(18-11-13)10-15(17-2)12-19-16-6-4-5-7-16/h8-9,11,15-17H,3-7,10,12H2,1-2H3. The average Bonchev–Trinajstić information content (AvgIpc) is 2.97. The molecule has 0 spiro atoms. The van der Waals surface area contributed by atoms with Gasteiger partial charge in [-0.15, -0.1) is 0 Å². The second-order valence-electron chi connectivity index (χ2n) is 5.44. The van der Waals surface area contributed by atoms with E-state index in [1.165, 1.54) is 42.7 Å². The van der Waals surface area contributed by atoms with Gasteiger partial charge in [0.1, 0.15) is 0 Å². The van der Waals surface area contributed by atoms with Crippen LogP contribution in [0.2, 0.25) is 0 Å². The summed E-state index contributed by atoms with van der Waals surface area (Å²) in [6, 6.07) is 4.94. The van der Waals surface area contributed by atoms with E-state index in [1.54, 1.807) is 0 Å². The Hall–Kier alpha value is -0.540. The third-order valence-corrected chi connectivity index (χ3v) is 5.53. The molecule has 1 atom stereocenters. The fraction of sp³-hybridized carbons (Fsp3) is 0.688. The Morgan fingerprint density at radius 3 is 2.74 bits per heavy atom. The zero-order valence-electron chi connectivity index (χ0n) is 12.2. The third kappa shape index (κ3) is 4.81. The molecule has 1 saturated carbocycles. The van der Waals surface area contributed by atoms with Gasteiger partial charge in [0.15, 0.2) is 0 Å². The third-order valence-electron chi connectivity index (χ3n) is 3.99. The van der Waals surface area contributed by atoms with Crippen molar-refractivity contribution in [2.24, 2.45) is 0 Å². The fourth-order valence-corrected chi connectivity index (χ4v) is 4.04. The normalized spacial score (nSPS) is 17.8. The van der Waals surface area contributed by atoms with Crippen molar-refractivity contribution in [1.29, 1.82) is 0 Å². The summed E-state index contributed by atoms with van der Waals surface area (Å²) in [5, 5.41) is 4.35. The van der Waals surface area contributed by atoms with Gasteiger partial charge >= 0.3 is 0 Å². The van der Waals surface area contributed by atoms with Crippen LogP contribution in [0.1, 0.15) is 43.9 Å². The highest BCUT2D eigenvalue weighted by molar-refractivity contribution is 7.99. The number of aryl methyl sites for hydroxylation is 1. The summed E-state index contributed by atoms with van der Waals surface area (Å²) in [5.74, 6) is 1.21. The molecule has 0 saturated heterocycles. The molecule has 0 aromatic carbocycles. The SMILES string of the molecule is CCc1ccc(CC(CSC2CCCC2)NC)nc1. The zero-order valence-corrected chi connectivity index (χ0v) is 13.0. The molecule has 1 unspecified atom stereocenters. The van der Waals surface area contributed by atoms with Gasteiger partial charge in [-0.1, -0.05) is 25.8 Å². The number of thioether (sulfide) groups is 1. The van der Waals surface area contributed by atoms with Crippen molar-refractivity contribution in [1.82, 2.24) is 10.3 Å². The van der Waals surface area contributed by atoms with Gasteiger partial charge < -0.3 is 5.32 Å². The van der Waals surface area contributed by atoms with E-state index in [4.69, 9.17) is 0 Å².